The van der Waals surface area contributed by atoms with E-state index in [9.17, 15) is 4.79 Å². The smallest absolute Gasteiger partial charge is 0.332 e. The molecule has 0 saturated carbocycles. The van der Waals surface area contributed by atoms with E-state index in [0.29, 0.717) is 106 Å². The average Bonchev–Trinajstić information content (AvgIpc) is 2.75. The first-order valence-corrected chi connectivity index (χ1v) is 11.5. The second kappa shape index (κ2) is 24.2. The fraction of sp³-hybridized carbons (Fsp3) is 0.955. The van der Waals surface area contributed by atoms with E-state index in [0.717, 1.165) is 0 Å². The Morgan fingerprint density at radius 2 is 0.788 bits per heavy atom. The van der Waals surface area contributed by atoms with Crippen LogP contribution >= 0.6 is 0 Å². The molecule has 0 heterocycles. The lowest BCUT2D eigenvalue weighted by molar-refractivity contribution is -0.160. The zero-order valence-corrected chi connectivity index (χ0v) is 20.7. The molecule has 0 aliphatic carbocycles. The highest BCUT2D eigenvalue weighted by molar-refractivity contribution is 5.71. The van der Waals surface area contributed by atoms with Gasteiger partial charge < -0.3 is 48.4 Å². The zero-order chi connectivity index (χ0) is 24.5. The van der Waals surface area contributed by atoms with Crippen LogP contribution in [0.3, 0.4) is 0 Å². The molecule has 198 valence electrons. The lowest BCUT2D eigenvalue weighted by Crippen LogP contribution is -2.27. The SMILES string of the molecule is CC(C)(C)OC(=O)COCCOCCOCCOCCOCCOCCOCCOCCN. The highest BCUT2D eigenvalue weighted by atomic mass is 16.6. The van der Waals surface area contributed by atoms with Crippen molar-refractivity contribution in [1.82, 2.24) is 0 Å². The van der Waals surface area contributed by atoms with Crippen LogP contribution < -0.4 is 5.73 Å². The molecular formula is C22H45NO10. The van der Waals surface area contributed by atoms with Gasteiger partial charge in [0.05, 0.1) is 99.1 Å². The monoisotopic (exact) mass is 483 g/mol. The van der Waals surface area contributed by atoms with Crippen LogP contribution in [0.4, 0.5) is 0 Å². The van der Waals surface area contributed by atoms with Crippen LogP contribution in [0.1, 0.15) is 20.8 Å². The van der Waals surface area contributed by atoms with E-state index in [-0.39, 0.29) is 12.6 Å². The first kappa shape index (κ1) is 32.1. The van der Waals surface area contributed by atoms with E-state index in [1.165, 1.54) is 0 Å². The lowest BCUT2D eigenvalue weighted by Gasteiger charge is -2.19. The molecule has 0 rings (SSSR count). The Bertz CT molecular complexity index is 420. The molecule has 0 saturated heterocycles. The van der Waals surface area contributed by atoms with Gasteiger partial charge in [0, 0.05) is 6.54 Å². The van der Waals surface area contributed by atoms with Gasteiger partial charge in [-0.15, -0.1) is 0 Å². The molecule has 0 unspecified atom stereocenters. The van der Waals surface area contributed by atoms with Gasteiger partial charge in [-0.3, -0.25) is 0 Å². The van der Waals surface area contributed by atoms with Gasteiger partial charge in [0.25, 0.3) is 0 Å². The summed E-state index contributed by atoms with van der Waals surface area (Å²) in [6.07, 6.45) is 0. The first-order chi connectivity index (χ1) is 16.0. The topological polar surface area (TPSA) is 126 Å². The lowest BCUT2D eigenvalue weighted by atomic mass is 10.2. The number of esters is 1. The van der Waals surface area contributed by atoms with Crippen molar-refractivity contribution in [3.05, 3.63) is 0 Å². The van der Waals surface area contributed by atoms with Crippen molar-refractivity contribution >= 4 is 5.97 Å². The quantitative estimate of drug-likeness (QED) is 0.143. The number of nitrogens with two attached hydrogens (primary N) is 1. The fourth-order valence-electron chi connectivity index (χ4n) is 2.15. The van der Waals surface area contributed by atoms with E-state index in [1.807, 2.05) is 20.8 Å². The molecule has 0 fully saturated rings. The summed E-state index contributed by atoms with van der Waals surface area (Å²) in [5.74, 6) is -0.383. The highest BCUT2D eigenvalue weighted by Gasteiger charge is 2.15. The fourth-order valence-corrected chi connectivity index (χ4v) is 2.15. The largest absolute Gasteiger partial charge is 0.458 e. The van der Waals surface area contributed by atoms with Gasteiger partial charge >= 0.3 is 5.97 Å². The van der Waals surface area contributed by atoms with Crippen LogP contribution in [0.15, 0.2) is 0 Å². The molecule has 0 aromatic heterocycles. The molecule has 0 radical (unpaired) electrons. The molecule has 0 spiro atoms. The molecule has 0 amide bonds. The minimum atomic E-state index is -0.503. The summed E-state index contributed by atoms with van der Waals surface area (Å²) in [5.41, 5.74) is 4.81. The second-order valence-corrected chi connectivity index (χ2v) is 7.71. The van der Waals surface area contributed by atoms with E-state index >= 15 is 0 Å². The van der Waals surface area contributed by atoms with Crippen molar-refractivity contribution in [3.8, 4) is 0 Å². The number of rotatable bonds is 25. The van der Waals surface area contributed by atoms with Gasteiger partial charge in [-0.1, -0.05) is 0 Å². The van der Waals surface area contributed by atoms with Gasteiger partial charge in [0.1, 0.15) is 12.2 Å². The van der Waals surface area contributed by atoms with Gasteiger partial charge in [-0.2, -0.15) is 0 Å². The maximum absolute atomic E-state index is 11.4. The number of ether oxygens (including phenoxy) is 9. The number of hydrogen-bond acceptors (Lipinski definition) is 11. The number of carbonyl (C=O) groups excluding carboxylic acids is 1. The van der Waals surface area contributed by atoms with E-state index in [1.54, 1.807) is 0 Å². The highest BCUT2D eigenvalue weighted by Crippen LogP contribution is 2.06. The molecular weight excluding hydrogens is 438 g/mol. The van der Waals surface area contributed by atoms with Crippen LogP contribution in [0, 0.1) is 0 Å². The summed E-state index contributed by atoms with van der Waals surface area (Å²) < 4.78 is 47.8. The molecule has 0 aliphatic heterocycles. The maximum Gasteiger partial charge on any atom is 0.332 e. The Balaban J connectivity index is 3.10. The summed E-state index contributed by atoms with van der Waals surface area (Å²) in [4.78, 5) is 11.4. The van der Waals surface area contributed by atoms with Gasteiger partial charge in [0.15, 0.2) is 0 Å². The minimum Gasteiger partial charge on any atom is -0.458 e. The van der Waals surface area contributed by atoms with Gasteiger partial charge in [-0.25, -0.2) is 4.79 Å². The molecule has 0 aromatic carbocycles. The van der Waals surface area contributed by atoms with Crippen LogP contribution in [-0.4, -0.2) is 124 Å². The normalized spacial score (nSPS) is 11.8. The first-order valence-electron chi connectivity index (χ1n) is 11.5. The number of carbonyl (C=O) groups is 1. The molecule has 11 nitrogen and oxygen atoms in total. The molecule has 2 N–H and O–H groups in total. The standard InChI is InChI=1S/C22H45NO10/c1-22(2,3)33-21(24)20-32-19-18-31-17-16-30-15-14-29-13-12-28-11-10-27-9-8-26-7-6-25-5-4-23/h4-20,23H2,1-3H3. The predicted molar refractivity (Wildman–Crippen MR) is 121 cm³/mol. The summed E-state index contributed by atoms with van der Waals surface area (Å²) in [7, 11) is 0. The van der Waals surface area contributed by atoms with E-state index in [4.69, 9.17) is 48.4 Å². The van der Waals surface area contributed by atoms with Crippen molar-refractivity contribution in [2.24, 2.45) is 5.73 Å². The Morgan fingerprint density at radius 1 is 0.515 bits per heavy atom. The van der Waals surface area contributed by atoms with E-state index < -0.39 is 5.60 Å². The molecule has 0 aromatic rings. The van der Waals surface area contributed by atoms with Crippen LogP contribution in [0.5, 0.6) is 0 Å². The summed E-state index contributed by atoms with van der Waals surface area (Å²) in [5, 5.41) is 0. The molecule has 0 atom stereocenters. The van der Waals surface area contributed by atoms with Gasteiger partial charge in [0.2, 0.25) is 0 Å². The zero-order valence-electron chi connectivity index (χ0n) is 20.7. The van der Waals surface area contributed by atoms with Gasteiger partial charge in [-0.05, 0) is 20.8 Å². The molecule has 0 aliphatic rings. The van der Waals surface area contributed by atoms with Crippen molar-refractivity contribution in [2.45, 2.75) is 26.4 Å². The Hall–Kier alpha value is -0.890. The van der Waals surface area contributed by atoms with Crippen molar-refractivity contribution < 1.29 is 47.4 Å². The molecule has 33 heavy (non-hydrogen) atoms. The Labute approximate surface area is 198 Å². The summed E-state index contributed by atoms with van der Waals surface area (Å²) in [6, 6.07) is 0. The second-order valence-electron chi connectivity index (χ2n) is 7.71. The maximum atomic E-state index is 11.4. The van der Waals surface area contributed by atoms with Crippen molar-refractivity contribution in [1.29, 1.82) is 0 Å². The third-order valence-corrected chi connectivity index (χ3v) is 3.51. The Kier molecular flexibility index (Phi) is 23.6. The summed E-state index contributed by atoms with van der Waals surface area (Å²) in [6.45, 7) is 13.2. The predicted octanol–water partition coefficient (Wildman–Crippen LogP) is 0.420. The van der Waals surface area contributed by atoms with Crippen LogP contribution in [0.25, 0.3) is 0 Å². The van der Waals surface area contributed by atoms with Crippen molar-refractivity contribution in [2.75, 3.05) is 112 Å². The Morgan fingerprint density at radius 3 is 1.06 bits per heavy atom. The third kappa shape index (κ3) is 29.1. The number of hydrogen-bond donors (Lipinski definition) is 1. The minimum absolute atomic E-state index is 0.0768. The molecule has 0 bridgehead atoms. The summed E-state index contributed by atoms with van der Waals surface area (Å²) >= 11 is 0. The third-order valence-electron chi connectivity index (χ3n) is 3.51. The van der Waals surface area contributed by atoms with Crippen LogP contribution in [-0.2, 0) is 47.4 Å². The molecule has 11 heteroatoms. The van der Waals surface area contributed by atoms with E-state index in [2.05, 4.69) is 0 Å². The average molecular weight is 484 g/mol. The van der Waals surface area contributed by atoms with Crippen LogP contribution in [0.2, 0.25) is 0 Å². The van der Waals surface area contributed by atoms with Crippen molar-refractivity contribution in [3.63, 3.8) is 0 Å².